The summed E-state index contributed by atoms with van der Waals surface area (Å²) in [4.78, 5) is 12.6. The Morgan fingerprint density at radius 3 is 2.59 bits per heavy atom. The highest BCUT2D eigenvalue weighted by atomic mass is 16.1. The van der Waals surface area contributed by atoms with E-state index in [1.54, 1.807) is 0 Å². The van der Waals surface area contributed by atoms with E-state index in [0.29, 0.717) is 24.3 Å². The lowest BCUT2D eigenvalue weighted by molar-refractivity contribution is -0.125. The lowest BCUT2D eigenvalue weighted by Gasteiger charge is -2.55. The number of hydrogen-bond donors (Lipinski definition) is 1. The maximum atomic E-state index is 12.6. The molecule has 1 aromatic carbocycles. The molecule has 0 bridgehead atoms. The molecule has 0 aliphatic heterocycles. The van der Waals surface area contributed by atoms with Crippen molar-refractivity contribution in [3.05, 3.63) is 53.3 Å². The topological polar surface area (TPSA) is 46.9 Å². The summed E-state index contributed by atoms with van der Waals surface area (Å²) in [6, 6.07) is 13.2. The predicted molar refractivity (Wildman–Crippen MR) is 107 cm³/mol. The summed E-state index contributed by atoms with van der Waals surface area (Å²) in [7, 11) is 0. The van der Waals surface area contributed by atoms with Gasteiger partial charge >= 0.3 is 0 Å². The second kappa shape index (κ2) is 7.87. The second-order valence-electron chi connectivity index (χ2n) is 8.40. The first-order valence-electron chi connectivity index (χ1n) is 10.5. The number of hydrogen-bond acceptors (Lipinski definition) is 2. The van der Waals surface area contributed by atoms with E-state index in [4.69, 9.17) is 0 Å². The van der Waals surface area contributed by atoms with Gasteiger partial charge in [-0.1, -0.05) is 43.2 Å². The predicted octanol–water partition coefficient (Wildman–Crippen LogP) is 4.37. The SMILES string of the molecule is Cc1cc(C)n(CCCC(=O)N[C@H]2[C@H]3CCCC[C@H]3[C@@H]2c2ccccc2)n1. The molecule has 2 aliphatic carbocycles. The minimum atomic E-state index is 0.200. The van der Waals surface area contributed by atoms with E-state index in [-0.39, 0.29) is 5.91 Å². The molecule has 4 nitrogen and oxygen atoms in total. The van der Waals surface area contributed by atoms with E-state index in [2.05, 4.69) is 53.7 Å². The molecule has 2 saturated carbocycles. The zero-order valence-corrected chi connectivity index (χ0v) is 16.5. The van der Waals surface area contributed by atoms with Crippen LogP contribution in [0, 0.1) is 25.7 Å². The number of aryl methyl sites for hydroxylation is 3. The Kier molecular flexibility index (Phi) is 5.33. The van der Waals surface area contributed by atoms with Crippen LogP contribution in [0.5, 0.6) is 0 Å². The van der Waals surface area contributed by atoms with Crippen molar-refractivity contribution in [1.29, 1.82) is 0 Å². The number of benzene rings is 1. The molecule has 1 amide bonds. The molecule has 0 spiro atoms. The van der Waals surface area contributed by atoms with Gasteiger partial charge in [-0.15, -0.1) is 0 Å². The number of carbonyl (C=O) groups excluding carboxylic acids is 1. The van der Waals surface area contributed by atoms with Crippen LogP contribution in [0.15, 0.2) is 36.4 Å². The summed E-state index contributed by atoms with van der Waals surface area (Å²) < 4.78 is 2.01. The molecule has 1 aromatic heterocycles. The molecule has 144 valence electrons. The summed E-state index contributed by atoms with van der Waals surface area (Å²) in [6.07, 6.45) is 6.65. The smallest absolute Gasteiger partial charge is 0.220 e. The van der Waals surface area contributed by atoms with Gasteiger partial charge < -0.3 is 5.32 Å². The number of fused-ring (bicyclic) bond motifs is 1. The number of rotatable bonds is 6. The van der Waals surface area contributed by atoms with Crippen LogP contribution in [0.25, 0.3) is 0 Å². The van der Waals surface area contributed by atoms with Gasteiger partial charge in [0.1, 0.15) is 0 Å². The number of nitrogens with zero attached hydrogens (tertiary/aromatic N) is 2. The quantitative estimate of drug-likeness (QED) is 0.826. The lowest BCUT2D eigenvalue weighted by Crippen LogP contribution is -2.59. The standard InChI is InChI=1S/C23H31N3O/c1-16-15-17(2)26(25-16)14-8-13-21(27)24-23-20-12-7-6-11-19(20)22(23)18-9-4-3-5-10-18/h3-5,9-10,15,19-20,22-23H,6-8,11-14H2,1-2H3,(H,24,27)/t19-,20+,22+,23+/m1/s1. The molecule has 4 rings (SSSR count). The van der Waals surface area contributed by atoms with Crippen molar-refractivity contribution in [2.45, 2.75) is 70.9 Å². The van der Waals surface area contributed by atoms with Crippen LogP contribution in [-0.2, 0) is 11.3 Å². The van der Waals surface area contributed by atoms with Gasteiger partial charge in [-0.05, 0) is 56.6 Å². The number of carbonyl (C=O) groups is 1. The number of aromatic nitrogens is 2. The minimum absolute atomic E-state index is 0.200. The van der Waals surface area contributed by atoms with Crippen LogP contribution in [-0.4, -0.2) is 21.7 Å². The Morgan fingerprint density at radius 2 is 1.89 bits per heavy atom. The summed E-state index contributed by atoms with van der Waals surface area (Å²) in [5.41, 5.74) is 3.61. The molecule has 0 saturated heterocycles. The van der Waals surface area contributed by atoms with Gasteiger partial charge in [-0.3, -0.25) is 9.48 Å². The van der Waals surface area contributed by atoms with Crippen molar-refractivity contribution >= 4 is 5.91 Å². The summed E-state index contributed by atoms with van der Waals surface area (Å²) in [5.74, 6) is 2.12. The summed E-state index contributed by atoms with van der Waals surface area (Å²) in [5, 5.41) is 7.89. The van der Waals surface area contributed by atoms with E-state index in [0.717, 1.165) is 24.6 Å². The first-order chi connectivity index (χ1) is 13.1. The van der Waals surface area contributed by atoms with Crippen LogP contribution < -0.4 is 5.32 Å². The van der Waals surface area contributed by atoms with Gasteiger partial charge in [0.2, 0.25) is 5.91 Å². The Balaban J connectivity index is 1.35. The summed E-state index contributed by atoms with van der Waals surface area (Å²) in [6.45, 7) is 4.89. The van der Waals surface area contributed by atoms with Crippen LogP contribution in [0.2, 0.25) is 0 Å². The van der Waals surface area contributed by atoms with Gasteiger partial charge in [-0.2, -0.15) is 5.10 Å². The molecular weight excluding hydrogens is 334 g/mol. The van der Waals surface area contributed by atoms with Gasteiger partial charge in [0.05, 0.1) is 5.69 Å². The molecule has 0 radical (unpaired) electrons. The average molecular weight is 366 g/mol. The number of amides is 1. The molecule has 1 heterocycles. The average Bonchev–Trinajstić information content (AvgIpc) is 2.98. The van der Waals surface area contributed by atoms with Crippen LogP contribution >= 0.6 is 0 Å². The molecule has 2 fully saturated rings. The fourth-order valence-electron chi connectivity index (χ4n) is 5.34. The lowest BCUT2D eigenvalue weighted by atomic mass is 9.53. The molecule has 0 unspecified atom stereocenters. The van der Waals surface area contributed by atoms with E-state index in [1.807, 2.05) is 11.6 Å². The maximum absolute atomic E-state index is 12.6. The van der Waals surface area contributed by atoms with Crippen LogP contribution in [0.3, 0.4) is 0 Å². The van der Waals surface area contributed by atoms with Gasteiger partial charge in [-0.25, -0.2) is 0 Å². The molecule has 4 heteroatoms. The van der Waals surface area contributed by atoms with Crippen molar-refractivity contribution in [3.8, 4) is 0 Å². The second-order valence-corrected chi connectivity index (χ2v) is 8.40. The first kappa shape index (κ1) is 18.3. The first-order valence-corrected chi connectivity index (χ1v) is 10.5. The van der Waals surface area contributed by atoms with Crippen LogP contribution in [0.4, 0.5) is 0 Å². The van der Waals surface area contributed by atoms with Crippen molar-refractivity contribution in [2.24, 2.45) is 11.8 Å². The van der Waals surface area contributed by atoms with Crippen molar-refractivity contribution in [1.82, 2.24) is 15.1 Å². The Hall–Kier alpha value is -2.10. The molecule has 2 aromatic rings. The van der Waals surface area contributed by atoms with E-state index < -0.39 is 0 Å². The highest BCUT2D eigenvalue weighted by molar-refractivity contribution is 5.76. The Labute approximate surface area is 162 Å². The van der Waals surface area contributed by atoms with Crippen molar-refractivity contribution < 1.29 is 4.79 Å². The van der Waals surface area contributed by atoms with Gasteiger partial charge in [0.15, 0.2) is 0 Å². The third-order valence-electron chi connectivity index (χ3n) is 6.57. The fourth-order valence-corrected chi connectivity index (χ4v) is 5.34. The third-order valence-corrected chi connectivity index (χ3v) is 6.57. The highest BCUT2D eigenvalue weighted by Gasteiger charge is 2.51. The van der Waals surface area contributed by atoms with Crippen molar-refractivity contribution in [3.63, 3.8) is 0 Å². The molecule has 2 aliphatic rings. The largest absolute Gasteiger partial charge is 0.352 e. The Bertz CT molecular complexity index is 782. The normalized spacial score (nSPS) is 26.9. The molecule has 4 atom stereocenters. The minimum Gasteiger partial charge on any atom is -0.352 e. The van der Waals surface area contributed by atoms with Gasteiger partial charge in [0, 0.05) is 30.6 Å². The Morgan fingerprint density at radius 1 is 1.15 bits per heavy atom. The van der Waals surface area contributed by atoms with E-state index in [9.17, 15) is 4.79 Å². The molecular formula is C23H31N3O. The third kappa shape index (κ3) is 3.80. The molecule has 27 heavy (non-hydrogen) atoms. The van der Waals surface area contributed by atoms with Crippen molar-refractivity contribution in [2.75, 3.05) is 0 Å². The van der Waals surface area contributed by atoms with Gasteiger partial charge in [0.25, 0.3) is 0 Å². The van der Waals surface area contributed by atoms with E-state index in [1.165, 1.54) is 36.9 Å². The molecule has 1 N–H and O–H groups in total. The monoisotopic (exact) mass is 365 g/mol. The highest BCUT2D eigenvalue weighted by Crippen LogP contribution is 2.54. The summed E-state index contributed by atoms with van der Waals surface area (Å²) >= 11 is 0. The fraction of sp³-hybridized carbons (Fsp3) is 0.565. The zero-order chi connectivity index (χ0) is 18.8. The number of nitrogens with one attached hydrogen (secondary N) is 1. The maximum Gasteiger partial charge on any atom is 0.220 e. The zero-order valence-electron chi connectivity index (χ0n) is 16.5. The van der Waals surface area contributed by atoms with E-state index >= 15 is 0 Å². The van der Waals surface area contributed by atoms with Crippen LogP contribution in [0.1, 0.15) is 61.4 Å².